The zero-order valence-electron chi connectivity index (χ0n) is 12.1. The molecule has 1 unspecified atom stereocenters. The van der Waals surface area contributed by atoms with E-state index in [1.807, 2.05) is 13.0 Å². The Balaban J connectivity index is 2.13. The number of benzene rings is 1. The number of phenols is 1. The minimum atomic E-state index is 0.381. The van der Waals surface area contributed by atoms with Gasteiger partial charge < -0.3 is 9.84 Å². The van der Waals surface area contributed by atoms with E-state index in [1.54, 1.807) is 6.07 Å². The van der Waals surface area contributed by atoms with E-state index in [4.69, 9.17) is 4.74 Å². The molecule has 19 heavy (non-hydrogen) atoms. The van der Waals surface area contributed by atoms with Crippen LogP contribution in [0.15, 0.2) is 18.2 Å². The highest BCUT2D eigenvalue weighted by atomic mass is 16.5. The highest BCUT2D eigenvalue weighted by Crippen LogP contribution is 2.35. The van der Waals surface area contributed by atoms with Crippen LogP contribution in [0, 0.1) is 0 Å². The number of phenolic OH excluding ortho intramolecular Hbond substituents is 1. The maximum atomic E-state index is 9.73. The number of likely N-dealkylation sites (N-methyl/N-ethyl adjacent to an activating group) is 1. The molecular formula is C16H25NO2. The summed E-state index contributed by atoms with van der Waals surface area (Å²) in [6, 6.07) is 6.26. The minimum absolute atomic E-state index is 0.381. The molecule has 3 nitrogen and oxygen atoms in total. The fourth-order valence-electron chi connectivity index (χ4n) is 3.00. The molecule has 0 heterocycles. The standard InChI is InChI=1S/C16H25NO2/c1-3-17(10-11-19-4-2)16-7-5-6-13-8-9-14(18)12-15(13)16/h8-9,12,16,18H,3-7,10-11H2,1-2H3. The zero-order chi connectivity index (χ0) is 13.7. The van der Waals surface area contributed by atoms with E-state index in [0.717, 1.165) is 32.7 Å². The van der Waals surface area contributed by atoms with E-state index >= 15 is 0 Å². The van der Waals surface area contributed by atoms with Crippen molar-refractivity contribution in [3.8, 4) is 5.75 Å². The van der Waals surface area contributed by atoms with E-state index in [0.29, 0.717) is 11.8 Å². The fourth-order valence-corrected chi connectivity index (χ4v) is 3.00. The molecule has 0 spiro atoms. The van der Waals surface area contributed by atoms with E-state index in [9.17, 15) is 5.11 Å². The molecule has 3 heteroatoms. The Bertz CT molecular complexity index is 406. The zero-order valence-corrected chi connectivity index (χ0v) is 12.1. The van der Waals surface area contributed by atoms with Crippen molar-refractivity contribution in [2.75, 3.05) is 26.3 Å². The monoisotopic (exact) mass is 263 g/mol. The van der Waals surface area contributed by atoms with Gasteiger partial charge in [-0.3, -0.25) is 4.90 Å². The Labute approximate surface area is 116 Å². The van der Waals surface area contributed by atoms with Crippen LogP contribution >= 0.6 is 0 Å². The molecule has 0 aliphatic heterocycles. The topological polar surface area (TPSA) is 32.7 Å². The van der Waals surface area contributed by atoms with Crippen molar-refractivity contribution < 1.29 is 9.84 Å². The van der Waals surface area contributed by atoms with Crippen molar-refractivity contribution in [2.45, 2.75) is 39.2 Å². The molecule has 0 saturated carbocycles. The summed E-state index contributed by atoms with van der Waals surface area (Å²) in [4.78, 5) is 2.47. The molecule has 0 aromatic heterocycles. The second-order valence-corrected chi connectivity index (χ2v) is 5.12. The van der Waals surface area contributed by atoms with Gasteiger partial charge in [-0.05, 0) is 56.0 Å². The summed E-state index contributed by atoms with van der Waals surface area (Å²) < 4.78 is 5.48. The van der Waals surface area contributed by atoms with Gasteiger partial charge in [0.25, 0.3) is 0 Å². The molecule has 1 N–H and O–H groups in total. The first-order valence-electron chi connectivity index (χ1n) is 7.39. The van der Waals surface area contributed by atoms with Crippen molar-refractivity contribution in [1.29, 1.82) is 0 Å². The van der Waals surface area contributed by atoms with E-state index in [1.165, 1.54) is 24.0 Å². The fraction of sp³-hybridized carbons (Fsp3) is 0.625. The lowest BCUT2D eigenvalue weighted by Gasteiger charge is -2.35. The number of hydrogen-bond donors (Lipinski definition) is 1. The molecule has 106 valence electrons. The quantitative estimate of drug-likeness (QED) is 0.800. The maximum absolute atomic E-state index is 9.73. The smallest absolute Gasteiger partial charge is 0.115 e. The molecule has 0 amide bonds. The maximum Gasteiger partial charge on any atom is 0.115 e. The summed E-state index contributed by atoms with van der Waals surface area (Å²) in [6.07, 6.45) is 3.54. The van der Waals surface area contributed by atoms with Crippen molar-refractivity contribution in [2.24, 2.45) is 0 Å². The van der Waals surface area contributed by atoms with Gasteiger partial charge in [-0.15, -0.1) is 0 Å². The summed E-state index contributed by atoms with van der Waals surface area (Å²) in [5, 5.41) is 9.73. The first-order valence-corrected chi connectivity index (χ1v) is 7.39. The summed E-state index contributed by atoms with van der Waals surface area (Å²) in [7, 11) is 0. The van der Waals surface area contributed by atoms with Gasteiger partial charge in [-0.2, -0.15) is 0 Å². The normalized spacial score (nSPS) is 18.6. The van der Waals surface area contributed by atoms with Crippen LogP contribution in [-0.2, 0) is 11.2 Å². The molecule has 2 rings (SSSR count). The third-order valence-electron chi connectivity index (χ3n) is 3.99. The van der Waals surface area contributed by atoms with Gasteiger partial charge in [0.1, 0.15) is 5.75 Å². The third kappa shape index (κ3) is 3.48. The highest BCUT2D eigenvalue weighted by molar-refractivity contribution is 5.38. The SMILES string of the molecule is CCOCCN(CC)C1CCCc2ccc(O)cc21. The van der Waals surface area contributed by atoms with Gasteiger partial charge >= 0.3 is 0 Å². The minimum Gasteiger partial charge on any atom is -0.508 e. The summed E-state index contributed by atoms with van der Waals surface area (Å²) in [6.45, 7) is 7.78. The van der Waals surface area contributed by atoms with Gasteiger partial charge in [0, 0.05) is 19.2 Å². The number of nitrogens with zero attached hydrogens (tertiary/aromatic N) is 1. The number of rotatable bonds is 6. The van der Waals surface area contributed by atoms with Crippen LogP contribution in [0.3, 0.4) is 0 Å². The number of hydrogen-bond acceptors (Lipinski definition) is 3. The molecule has 0 radical (unpaired) electrons. The van der Waals surface area contributed by atoms with Crippen molar-refractivity contribution in [3.05, 3.63) is 29.3 Å². The van der Waals surface area contributed by atoms with Crippen LogP contribution < -0.4 is 0 Å². The Hall–Kier alpha value is -1.06. The Morgan fingerprint density at radius 3 is 2.95 bits per heavy atom. The molecule has 1 aliphatic rings. The van der Waals surface area contributed by atoms with E-state index in [2.05, 4.69) is 17.9 Å². The Kier molecular flexibility index (Phi) is 5.23. The molecule has 0 saturated heterocycles. The average molecular weight is 263 g/mol. The molecule has 1 atom stereocenters. The van der Waals surface area contributed by atoms with Gasteiger partial charge in [0.2, 0.25) is 0 Å². The second kappa shape index (κ2) is 6.92. The lowest BCUT2D eigenvalue weighted by molar-refractivity contribution is 0.0917. The van der Waals surface area contributed by atoms with Crippen LogP contribution in [0.2, 0.25) is 0 Å². The molecule has 0 fully saturated rings. The predicted octanol–water partition coefficient (Wildman–Crippen LogP) is 3.13. The number of fused-ring (bicyclic) bond motifs is 1. The molecule has 1 aliphatic carbocycles. The number of aromatic hydroxyl groups is 1. The van der Waals surface area contributed by atoms with Crippen molar-refractivity contribution >= 4 is 0 Å². The lowest BCUT2D eigenvalue weighted by Crippen LogP contribution is -2.34. The number of aryl methyl sites for hydroxylation is 1. The number of ether oxygens (including phenoxy) is 1. The van der Waals surface area contributed by atoms with Crippen LogP contribution in [-0.4, -0.2) is 36.3 Å². The molecule has 0 bridgehead atoms. The second-order valence-electron chi connectivity index (χ2n) is 5.12. The van der Waals surface area contributed by atoms with Crippen LogP contribution in [0.5, 0.6) is 5.75 Å². The largest absolute Gasteiger partial charge is 0.508 e. The average Bonchev–Trinajstić information content (AvgIpc) is 2.43. The van der Waals surface area contributed by atoms with Gasteiger partial charge in [-0.1, -0.05) is 13.0 Å². The Morgan fingerprint density at radius 2 is 2.21 bits per heavy atom. The molecule has 1 aromatic rings. The molecule has 1 aromatic carbocycles. The van der Waals surface area contributed by atoms with Crippen molar-refractivity contribution in [1.82, 2.24) is 4.90 Å². The lowest BCUT2D eigenvalue weighted by atomic mass is 9.86. The first kappa shape index (κ1) is 14.4. The predicted molar refractivity (Wildman–Crippen MR) is 77.5 cm³/mol. The van der Waals surface area contributed by atoms with E-state index < -0.39 is 0 Å². The van der Waals surface area contributed by atoms with Gasteiger partial charge in [-0.25, -0.2) is 0 Å². The molecular weight excluding hydrogens is 238 g/mol. The summed E-state index contributed by atoms with van der Waals surface area (Å²) >= 11 is 0. The van der Waals surface area contributed by atoms with Gasteiger partial charge in [0.05, 0.1) is 6.61 Å². The van der Waals surface area contributed by atoms with Gasteiger partial charge in [0.15, 0.2) is 0 Å². The van der Waals surface area contributed by atoms with E-state index in [-0.39, 0.29) is 0 Å². The first-order chi connectivity index (χ1) is 9.26. The van der Waals surface area contributed by atoms with Crippen LogP contribution in [0.25, 0.3) is 0 Å². The summed E-state index contributed by atoms with van der Waals surface area (Å²) in [5.74, 6) is 0.381. The van der Waals surface area contributed by atoms with Crippen molar-refractivity contribution in [3.63, 3.8) is 0 Å². The highest BCUT2D eigenvalue weighted by Gasteiger charge is 2.25. The van der Waals surface area contributed by atoms with Crippen LogP contribution in [0.4, 0.5) is 0 Å². The third-order valence-corrected chi connectivity index (χ3v) is 3.99. The summed E-state index contributed by atoms with van der Waals surface area (Å²) in [5.41, 5.74) is 2.70. The van der Waals surface area contributed by atoms with Crippen LogP contribution in [0.1, 0.15) is 43.9 Å². The Morgan fingerprint density at radius 1 is 1.37 bits per heavy atom.